The number of rotatable bonds is 5. The third-order valence-electron chi connectivity index (χ3n) is 4.59. The number of nitrogens with zero attached hydrogens (tertiary/aromatic N) is 5. The molecule has 2 aromatic carbocycles. The molecule has 0 saturated heterocycles. The van der Waals surface area contributed by atoms with Gasteiger partial charge in [-0.25, -0.2) is 4.39 Å². The molecule has 2 aromatic heterocycles. The largest absolute Gasteiger partial charge is 0.334 e. The zero-order valence-electron chi connectivity index (χ0n) is 15.7. The van der Waals surface area contributed by atoms with Crippen LogP contribution in [0.1, 0.15) is 17.0 Å². The average Bonchev–Trinajstić information content (AvgIpc) is 3.28. The van der Waals surface area contributed by atoms with Crippen molar-refractivity contribution in [2.75, 3.05) is 0 Å². The summed E-state index contributed by atoms with van der Waals surface area (Å²) in [5.41, 5.74) is 3.26. The SMILES string of the molecule is Cc1nn(Cc2ccc(-c3nc(-c4ccc(F)cc4)no3)cc2)c(C)c1[N+](=O)[O-]. The minimum Gasteiger partial charge on any atom is -0.334 e. The van der Waals surface area contributed by atoms with Gasteiger partial charge in [-0.15, -0.1) is 0 Å². The minimum atomic E-state index is -0.411. The predicted octanol–water partition coefficient (Wildman–Crippen LogP) is 4.31. The van der Waals surface area contributed by atoms with Crippen LogP contribution in [0.3, 0.4) is 0 Å². The van der Waals surface area contributed by atoms with E-state index >= 15 is 0 Å². The van der Waals surface area contributed by atoms with Crippen LogP contribution in [0.4, 0.5) is 10.1 Å². The van der Waals surface area contributed by atoms with Crippen molar-refractivity contribution in [3.05, 3.63) is 81.4 Å². The Morgan fingerprint density at radius 3 is 2.34 bits per heavy atom. The van der Waals surface area contributed by atoms with Crippen LogP contribution in [0.25, 0.3) is 22.8 Å². The molecule has 2 heterocycles. The molecule has 0 radical (unpaired) electrons. The molecule has 0 aliphatic heterocycles. The van der Waals surface area contributed by atoms with Crippen LogP contribution in [-0.4, -0.2) is 24.8 Å². The fraction of sp³-hybridized carbons (Fsp3) is 0.150. The molecule has 0 saturated carbocycles. The lowest BCUT2D eigenvalue weighted by atomic mass is 10.1. The van der Waals surface area contributed by atoms with Gasteiger partial charge >= 0.3 is 5.69 Å². The van der Waals surface area contributed by atoms with Gasteiger partial charge < -0.3 is 4.52 Å². The van der Waals surface area contributed by atoms with E-state index in [1.807, 2.05) is 24.3 Å². The zero-order valence-corrected chi connectivity index (χ0v) is 15.7. The molecule has 0 amide bonds. The lowest BCUT2D eigenvalue weighted by Crippen LogP contribution is -2.04. The summed E-state index contributed by atoms with van der Waals surface area (Å²) in [7, 11) is 0. The maximum atomic E-state index is 13.1. The van der Waals surface area contributed by atoms with Gasteiger partial charge in [0, 0.05) is 11.1 Å². The number of halogens is 1. The van der Waals surface area contributed by atoms with Crippen molar-refractivity contribution in [3.8, 4) is 22.8 Å². The Morgan fingerprint density at radius 1 is 1.07 bits per heavy atom. The molecule has 0 atom stereocenters. The first-order chi connectivity index (χ1) is 13.9. The maximum absolute atomic E-state index is 13.1. The molecule has 146 valence electrons. The smallest absolute Gasteiger partial charge is 0.312 e. The third kappa shape index (κ3) is 3.62. The second kappa shape index (κ2) is 7.27. The van der Waals surface area contributed by atoms with E-state index < -0.39 is 4.92 Å². The molecular formula is C20H16FN5O3. The second-order valence-corrected chi connectivity index (χ2v) is 6.56. The first kappa shape index (κ1) is 18.5. The number of aromatic nitrogens is 4. The van der Waals surface area contributed by atoms with Gasteiger partial charge in [0.15, 0.2) is 0 Å². The van der Waals surface area contributed by atoms with E-state index in [9.17, 15) is 14.5 Å². The molecule has 0 bridgehead atoms. The summed E-state index contributed by atoms with van der Waals surface area (Å²) in [5, 5.41) is 19.3. The van der Waals surface area contributed by atoms with Crippen molar-refractivity contribution in [3.63, 3.8) is 0 Å². The first-order valence-electron chi connectivity index (χ1n) is 8.79. The number of hydrogen-bond donors (Lipinski definition) is 0. The minimum absolute atomic E-state index is 0.0424. The predicted molar refractivity (Wildman–Crippen MR) is 103 cm³/mol. The Bertz CT molecular complexity index is 1180. The van der Waals surface area contributed by atoms with E-state index in [1.165, 1.54) is 12.1 Å². The lowest BCUT2D eigenvalue weighted by molar-refractivity contribution is -0.386. The standard InChI is InChI=1S/C20H16FN5O3/c1-12-18(26(27)28)13(2)25(23-12)11-14-3-5-16(6-4-14)20-22-19(24-29-20)15-7-9-17(21)10-8-15/h3-10H,11H2,1-2H3. The summed E-state index contributed by atoms with van der Waals surface area (Å²) in [6.07, 6.45) is 0. The van der Waals surface area contributed by atoms with Crippen LogP contribution in [-0.2, 0) is 6.54 Å². The highest BCUT2D eigenvalue weighted by Crippen LogP contribution is 2.25. The van der Waals surface area contributed by atoms with Crippen molar-refractivity contribution in [1.29, 1.82) is 0 Å². The van der Waals surface area contributed by atoms with Crippen LogP contribution >= 0.6 is 0 Å². The van der Waals surface area contributed by atoms with Crippen molar-refractivity contribution < 1.29 is 13.8 Å². The molecule has 0 N–H and O–H groups in total. The molecule has 4 aromatic rings. The maximum Gasteiger partial charge on any atom is 0.312 e. The molecule has 4 rings (SSSR count). The van der Waals surface area contributed by atoms with Crippen LogP contribution in [0.5, 0.6) is 0 Å². The molecule has 0 aliphatic carbocycles. The zero-order chi connectivity index (χ0) is 20.5. The van der Waals surface area contributed by atoms with Crippen LogP contribution < -0.4 is 0 Å². The van der Waals surface area contributed by atoms with Crippen LogP contribution in [0, 0.1) is 29.8 Å². The lowest BCUT2D eigenvalue weighted by Gasteiger charge is -2.04. The average molecular weight is 393 g/mol. The summed E-state index contributed by atoms with van der Waals surface area (Å²) >= 11 is 0. The highest BCUT2D eigenvalue weighted by atomic mass is 19.1. The molecule has 0 unspecified atom stereocenters. The Hall–Kier alpha value is -3.88. The molecule has 29 heavy (non-hydrogen) atoms. The quantitative estimate of drug-likeness (QED) is 0.370. The third-order valence-corrected chi connectivity index (χ3v) is 4.59. The summed E-state index contributed by atoms with van der Waals surface area (Å²) < 4.78 is 20.0. The van der Waals surface area contributed by atoms with Gasteiger partial charge in [-0.2, -0.15) is 10.1 Å². The summed E-state index contributed by atoms with van der Waals surface area (Å²) in [6, 6.07) is 13.3. The molecule has 8 nitrogen and oxygen atoms in total. The van der Waals surface area contributed by atoms with Gasteiger partial charge in [0.05, 0.1) is 11.5 Å². The first-order valence-corrected chi connectivity index (χ1v) is 8.79. The van der Waals surface area contributed by atoms with Gasteiger partial charge in [0.1, 0.15) is 17.2 Å². The highest BCUT2D eigenvalue weighted by molar-refractivity contribution is 5.59. The Balaban J connectivity index is 1.54. The van der Waals surface area contributed by atoms with E-state index in [1.54, 1.807) is 30.7 Å². The van der Waals surface area contributed by atoms with Crippen LogP contribution in [0.2, 0.25) is 0 Å². The summed E-state index contributed by atoms with van der Waals surface area (Å²) in [4.78, 5) is 15.1. The fourth-order valence-corrected chi connectivity index (χ4v) is 3.09. The van der Waals surface area contributed by atoms with E-state index in [-0.39, 0.29) is 11.5 Å². The number of aryl methyl sites for hydroxylation is 1. The molecular weight excluding hydrogens is 377 g/mol. The number of nitro groups is 1. The Morgan fingerprint density at radius 2 is 1.72 bits per heavy atom. The van der Waals surface area contributed by atoms with Gasteiger partial charge in [0.25, 0.3) is 5.89 Å². The topological polar surface area (TPSA) is 99.9 Å². The van der Waals surface area contributed by atoms with Crippen molar-refractivity contribution in [2.24, 2.45) is 0 Å². The van der Waals surface area contributed by atoms with Gasteiger partial charge in [0.2, 0.25) is 5.82 Å². The molecule has 0 fully saturated rings. The van der Waals surface area contributed by atoms with Gasteiger partial charge in [-0.3, -0.25) is 14.8 Å². The Labute approximate surface area is 164 Å². The number of hydrogen-bond acceptors (Lipinski definition) is 6. The van der Waals surface area contributed by atoms with Gasteiger partial charge in [-0.05, 0) is 55.8 Å². The second-order valence-electron chi connectivity index (χ2n) is 6.56. The van der Waals surface area contributed by atoms with E-state index in [4.69, 9.17) is 4.52 Å². The summed E-state index contributed by atoms with van der Waals surface area (Å²) in [5.74, 6) is 0.387. The van der Waals surface area contributed by atoms with Crippen molar-refractivity contribution in [2.45, 2.75) is 20.4 Å². The van der Waals surface area contributed by atoms with Crippen molar-refractivity contribution in [1.82, 2.24) is 19.9 Å². The summed E-state index contributed by atoms with van der Waals surface area (Å²) in [6.45, 7) is 3.71. The fourth-order valence-electron chi connectivity index (χ4n) is 3.09. The van der Waals surface area contributed by atoms with Crippen LogP contribution in [0.15, 0.2) is 53.1 Å². The van der Waals surface area contributed by atoms with E-state index in [0.29, 0.717) is 35.2 Å². The van der Waals surface area contributed by atoms with Crippen molar-refractivity contribution >= 4 is 5.69 Å². The normalized spacial score (nSPS) is 11.0. The van der Waals surface area contributed by atoms with Gasteiger partial charge in [-0.1, -0.05) is 17.3 Å². The Kier molecular flexibility index (Phi) is 4.63. The molecule has 0 aliphatic rings. The highest BCUT2D eigenvalue weighted by Gasteiger charge is 2.21. The number of benzene rings is 2. The molecule has 0 spiro atoms. The molecule has 9 heteroatoms. The monoisotopic (exact) mass is 393 g/mol. The van der Waals surface area contributed by atoms with E-state index in [2.05, 4.69) is 15.2 Å². The van der Waals surface area contributed by atoms with E-state index in [0.717, 1.165) is 11.1 Å².